The summed E-state index contributed by atoms with van der Waals surface area (Å²) in [5.74, 6) is 1.12. The van der Waals surface area contributed by atoms with Crippen molar-refractivity contribution in [2.45, 2.75) is 33.1 Å². The lowest BCUT2D eigenvalue weighted by Gasteiger charge is -1.90. The van der Waals surface area contributed by atoms with Crippen LogP contribution in [0.5, 0.6) is 0 Å². The van der Waals surface area contributed by atoms with E-state index in [-0.39, 0.29) is 0 Å². The molecule has 0 radical (unpaired) electrons. The van der Waals surface area contributed by atoms with Gasteiger partial charge in [0, 0.05) is 12.8 Å². The lowest BCUT2D eigenvalue weighted by atomic mass is 10.1. The first-order valence-corrected chi connectivity index (χ1v) is 4.27. The maximum atomic E-state index is 10.5. The van der Waals surface area contributed by atoms with Crippen molar-refractivity contribution in [1.29, 1.82) is 0 Å². The van der Waals surface area contributed by atoms with Crippen LogP contribution in [-0.4, -0.2) is 18.9 Å². The normalized spacial score (nSPS) is 21.2. The highest BCUT2D eigenvalue weighted by Gasteiger charge is 2.16. The molecule has 0 heterocycles. The van der Waals surface area contributed by atoms with Gasteiger partial charge in [0.25, 0.3) is 6.47 Å². The van der Waals surface area contributed by atoms with Crippen molar-refractivity contribution < 1.29 is 14.3 Å². The van der Waals surface area contributed by atoms with Crippen LogP contribution in [0.25, 0.3) is 0 Å². The first-order valence-electron chi connectivity index (χ1n) is 4.27. The molecule has 1 aliphatic rings. The highest BCUT2D eigenvalue weighted by Crippen LogP contribution is 2.19. The van der Waals surface area contributed by atoms with Crippen LogP contribution in [-0.2, 0) is 14.3 Å². The van der Waals surface area contributed by atoms with Crippen LogP contribution in [0.3, 0.4) is 0 Å². The molecule has 0 aliphatic heterocycles. The third kappa shape index (κ3) is 5.89. The molecule has 1 fully saturated rings. The number of rotatable bonds is 2. The maximum Gasteiger partial charge on any atom is 0.293 e. The van der Waals surface area contributed by atoms with Crippen LogP contribution in [0.15, 0.2) is 0 Å². The zero-order chi connectivity index (χ0) is 9.40. The Morgan fingerprint density at radius 3 is 2.42 bits per heavy atom. The Balaban J connectivity index is 0.000000217. The van der Waals surface area contributed by atoms with E-state index in [1.54, 1.807) is 6.92 Å². The summed E-state index contributed by atoms with van der Waals surface area (Å²) in [5, 5.41) is 0. The summed E-state index contributed by atoms with van der Waals surface area (Å²) < 4.78 is 4.15. The molecular weight excluding hydrogens is 156 g/mol. The molecule has 0 saturated heterocycles. The average Bonchev–Trinajstić information content (AvgIpc) is 2.38. The second-order valence-corrected chi connectivity index (χ2v) is 2.94. The smallest absolute Gasteiger partial charge is 0.293 e. The largest absolute Gasteiger partial charge is 0.468 e. The summed E-state index contributed by atoms with van der Waals surface area (Å²) in [7, 11) is 0. The lowest BCUT2D eigenvalue weighted by Crippen LogP contribution is -1.86. The van der Waals surface area contributed by atoms with E-state index in [2.05, 4.69) is 11.7 Å². The van der Waals surface area contributed by atoms with Crippen molar-refractivity contribution in [2.24, 2.45) is 5.92 Å². The Morgan fingerprint density at radius 2 is 2.33 bits per heavy atom. The van der Waals surface area contributed by atoms with Gasteiger partial charge in [-0.3, -0.25) is 9.59 Å². The van der Waals surface area contributed by atoms with E-state index in [9.17, 15) is 9.59 Å². The van der Waals surface area contributed by atoms with E-state index >= 15 is 0 Å². The molecule has 1 aliphatic carbocycles. The minimum Gasteiger partial charge on any atom is -0.468 e. The molecule has 0 aromatic carbocycles. The number of hydrogen-bond acceptors (Lipinski definition) is 3. The van der Waals surface area contributed by atoms with Crippen molar-refractivity contribution in [1.82, 2.24) is 0 Å². The second-order valence-electron chi connectivity index (χ2n) is 2.94. The van der Waals surface area contributed by atoms with Gasteiger partial charge in [0.15, 0.2) is 0 Å². The van der Waals surface area contributed by atoms with Crippen molar-refractivity contribution in [3.05, 3.63) is 0 Å². The molecule has 70 valence electrons. The number of Topliss-reactive ketones (excluding diaryl/α,β-unsaturated/α-hetero) is 1. The molecule has 3 nitrogen and oxygen atoms in total. The van der Waals surface area contributed by atoms with Crippen molar-refractivity contribution in [2.75, 3.05) is 6.61 Å². The van der Waals surface area contributed by atoms with Crippen LogP contribution in [0.4, 0.5) is 0 Å². The summed E-state index contributed by atoms with van der Waals surface area (Å²) in [4.78, 5) is 19.6. The first-order chi connectivity index (χ1) is 5.70. The lowest BCUT2D eigenvalue weighted by molar-refractivity contribution is -0.128. The third-order valence-electron chi connectivity index (χ3n) is 1.73. The summed E-state index contributed by atoms with van der Waals surface area (Å²) in [5.41, 5.74) is 0. The van der Waals surface area contributed by atoms with Gasteiger partial charge < -0.3 is 4.74 Å². The summed E-state index contributed by atoms with van der Waals surface area (Å²) in [6.07, 6.45) is 2.79. The standard InChI is InChI=1S/C6H10O.C3H6O2/c1-5-2-3-6(7)4-5;1-2-5-3-4/h5H,2-4H2,1H3;3H,2H2,1H3. The molecular formula is C9H16O3. The van der Waals surface area contributed by atoms with Gasteiger partial charge >= 0.3 is 0 Å². The number of ether oxygens (including phenoxy) is 1. The molecule has 0 N–H and O–H groups in total. The Labute approximate surface area is 73.1 Å². The molecule has 1 atom stereocenters. The van der Waals surface area contributed by atoms with E-state index in [0.717, 1.165) is 19.3 Å². The molecule has 12 heavy (non-hydrogen) atoms. The topological polar surface area (TPSA) is 43.4 Å². The fourth-order valence-electron chi connectivity index (χ4n) is 1.07. The molecule has 0 aromatic heterocycles. The molecule has 1 saturated carbocycles. The Morgan fingerprint density at radius 1 is 1.67 bits per heavy atom. The summed E-state index contributed by atoms with van der Waals surface area (Å²) in [6.45, 7) is 4.79. The van der Waals surface area contributed by atoms with Crippen LogP contribution in [0, 0.1) is 5.92 Å². The Hall–Kier alpha value is -0.860. The van der Waals surface area contributed by atoms with Crippen LogP contribution >= 0.6 is 0 Å². The maximum absolute atomic E-state index is 10.5. The molecule has 1 rings (SSSR count). The molecule has 0 bridgehead atoms. The van der Waals surface area contributed by atoms with Gasteiger partial charge in [-0.2, -0.15) is 0 Å². The van der Waals surface area contributed by atoms with E-state index in [1.165, 1.54) is 0 Å². The van der Waals surface area contributed by atoms with Crippen LogP contribution < -0.4 is 0 Å². The molecule has 0 aromatic rings. The van der Waals surface area contributed by atoms with Gasteiger partial charge in [0.2, 0.25) is 0 Å². The minimum absolute atomic E-state index is 0.431. The van der Waals surface area contributed by atoms with Crippen molar-refractivity contribution in [3.63, 3.8) is 0 Å². The van der Waals surface area contributed by atoms with Gasteiger partial charge in [0.05, 0.1) is 6.61 Å². The van der Waals surface area contributed by atoms with Crippen LogP contribution in [0.2, 0.25) is 0 Å². The fraction of sp³-hybridized carbons (Fsp3) is 0.778. The van der Waals surface area contributed by atoms with E-state index < -0.39 is 0 Å². The van der Waals surface area contributed by atoms with Gasteiger partial charge in [-0.05, 0) is 19.3 Å². The Kier molecular flexibility index (Phi) is 6.34. The molecule has 1 unspecified atom stereocenters. The van der Waals surface area contributed by atoms with Gasteiger partial charge in [-0.15, -0.1) is 0 Å². The quantitative estimate of drug-likeness (QED) is 0.593. The second kappa shape index (κ2) is 6.83. The van der Waals surface area contributed by atoms with Crippen molar-refractivity contribution >= 4 is 12.3 Å². The number of hydrogen-bond donors (Lipinski definition) is 0. The minimum atomic E-state index is 0.431. The SMILES string of the molecule is CC1CCC(=O)C1.CCOC=O. The van der Waals surface area contributed by atoms with E-state index in [4.69, 9.17) is 0 Å². The predicted molar refractivity (Wildman–Crippen MR) is 45.7 cm³/mol. The zero-order valence-corrected chi connectivity index (χ0v) is 7.71. The summed E-state index contributed by atoms with van der Waals surface area (Å²) >= 11 is 0. The summed E-state index contributed by atoms with van der Waals surface area (Å²) in [6, 6.07) is 0. The number of carbonyl (C=O) groups excluding carboxylic acids is 2. The average molecular weight is 172 g/mol. The molecule has 0 amide bonds. The van der Waals surface area contributed by atoms with Gasteiger partial charge in [0.1, 0.15) is 5.78 Å². The van der Waals surface area contributed by atoms with Gasteiger partial charge in [-0.25, -0.2) is 0 Å². The zero-order valence-electron chi connectivity index (χ0n) is 7.71. The molecule has 3 heteroatoms. The van der Waals surface area contributed by atoms with Crippen LogP contribution in [0.1, 0.15) is 33.1 Å². The number of carbonyl (C=O) groups is 2. The van der Waals surface area contributed by atoms with E-state index in [1.807, 2.05) is 0 Å². The number of ketones is 1. The Bertz CT molecular complexity index is 143. The van der Waals surface area contributed by atoms with Crippen molar-refractivity contribution in [3.8, 4) is 0 Å². The third-order valence-corrected chi connectivity index (χ3v) is 1.73. The highest BCUT2D eigenvalue weighted by molar-refractivity contribution is 5.80. The predicted octanol–water partition coefficient (Wildman–Crippen LogP) is 1.55. The highest BCUT2D eigenvalue weighted by atomic mass is 16.5. The first kappa shape index (κ1) is 11.1. The fourth-order valence-corrected chi connectivity index (χ4v) is 1.07. The molecule has 0 spiro atoms. The van der Waals surface area contributed by atoms with Gasteiger partial charge in [-0.1, -0.05) is 6.92 Å². The van der Waals surface area contributed by atoms with E-state index in [0.29, 0.717) is 24.8 Å². The monoisotopic (exact) mass is 172 g/mol.